The third-order valence-corrected chi connectivity index (χ3v) is 4.12. The molecule has 0 aliphatic heterocycles. The summed E-state index contributed by atoms with van der Waals surface area (Å²) in [5, 5.41) is 9.42. The molecule has 0 radical (unpaired) electrons. The number of rotatable bonds is 7. The predicted octanol–water partition coefficient (Wildman–Crippen LogP) is 3.14. The van der Waals surface area contributed by atoms with Gasteiger partial charge in [-0.2, -0.15) is 0 Å². The minimum Gasteiger partial charge on any atom is -0.481 e. The van der Waals surface area contributed by atoms with Crippen molar-refractivity contribution < 1.29 is 9.90 Å². The lowest BCUT2D eigenvalue weighted by Crippen LogP contribution is -2.45. The first kappa shape index (κ1) is 14.5. The standard InChI is InChI=1S/C14H27NO2/c1-4-10-14(3,13(16)17)11-15(5-2)12-8-6-7-9-12/h12H,4-11H2,1-3H3,(H,16,17). The highest BCUT2D eigenvalue weighted by Crippen LogP contribution is 2.30. The lowest BCUT2D eigenvalue weighted by atomic mass is 9.84. The molecule has 1 aliphatic rings. The molecule has 0 amide bonds. The van der Waals surface area contributed by atoms with Crippen LogP contribution in [-0.4, -0.2) is 35.1 Å². The first-order valence-corrected chi connectivity index (χ1v) is 7.01. The first-order chi connectivity index (χ1) is 8.03. The maximum absolute atomic E-state index is 11.5. The van der Waals surface area contributed by atoms with Gasteiger partial charge in [0.1, 0.15) is 0 Å². The van der Waals surface area contributed by atoms with Crippen LogP contribution in [0.1, 0.15) is 59.3 Å². The van der Waals surface area contributed by atoms with Crippen LogP contribution < -0.4 is 0 Å². The fourth-order valence-corrected chi connectivity index (χ4v) is 3.02. The summed E-state index contributed by atoms with van der Waals surface area (Å²) in [6.45, 7) is 7.78. The molecule has 0 aromatic heterocycles. The van der Waals surface area contributed by atoms with Crippen LogP contribution in [0, 0.1) is 5.41 Å². The van der Waals surface area contributed by atoms with E-state index in [1.54, 1.807) is 0 Å². The van der Waals surface area contributed by atoms with E-state index in [1.165, 1.54) is 25.7 Å². The summed E-state index contributed by atoms with van der Waals surface area (Å²) in [5.74, 6) is -0.643. The quantitative estimate of drug-likeness (QED) is 0.744. The zero-order chi connectivity index (χ0) is 12.9. The van der Waals surface area contributed by atoms with Crippen LogP contribution >= 0.6 is 0 Å². The number of hydrogen-bond donors (Lipinski definition) is 1. The predicted molar refractivity (Wildman–Crippen MR) is 70.2 cm³/mol. The average Bonchev–Trinajstić information content (AvgIpc) is 2.79. The van der Waals surface area contributed by atoms with Crippen molar-refractivity contribution in [2.75, 3.05) is 13.1 Å². The molecule has 1 N–H and O–H groups in total. The van der Waals surface area contributed by atoms with Gasteiger partial charge in [-0.05, 0) is 32.7 Å². The Balaban J connectivity index is 2.65. The van der Waals surface area contributed by atoms with Crippen LogP contribution in [-0.2, 0) is 4.79 Å². The smallest absolute Gasteiger partial charge is 0.310 e. The second-order valence-corrected chi connectivity index (χ2v) is 5.62. The third kappa shape index (κ3) is 3.70. The Hall–Kier alpha value is -0.570. The summed E-state index contributed by atoms with van der Waals surface area (Å²) in [6, 6.07) is 0.621. The summed E-state index contributed by atoms with van der Waals surface area (Å²) in [6.07, 6.45) is 6.80. The Bertz CT molecular complexity index is 249. The Morgan fingerprint density at radius 3 is 2.35 bits per heavy atom. The van der Waals surface area contributed by atoms with E-state index in [1.807, 2.05) is 6.92 Å². The van der Waals surface area contributed by atoms with Gasteiger partial charge >= 0.3 is 5.97 Å². The molecule has 1 fully saturated rings. The lowest BCUT2D eigenvalue weighted by molar-refractivity contribution is -0.150. The van der Waals surface area contributed by atoms with Crippen LogP contribution in [0.5, 0.6) is 0 Å². The molecule has 100 valence electrons. The van der Waals surface area contributed by atoms with Crippen molar-refractivity contribution in [2.24, 2.45) is 5.41 Å². The molecule has 1 atom stereocenters. The fraction of sp³-hybridized carbons (Fsp3) is 0.929. The van der Waals surface area contributed by atoms with Crippen LogP contribution in [0.2, 0.25) is 0 Å². The molecule has 0 aromatic rings. The number of carbonyl (C=O) groups is 1. The first-order valence-electron chi connectivity index (χ1n) is 7.01. The number of carboxylic acids is 1. The van der Waals surface area contributed by atoms with E-state index in [4.69, 9.17) is 0 Å². The molecule has 3 heteroatoms. The molecular formula is C14H27NO2. The molecule has 0 saturated heterocycles. The third-order valence-electron chi connectivity index (χ3n) is 4.12. The van der Waals surface area contributed by atoms with Gasteiger partial charge in [-0.15, -0.1) is 0 Å². The molecule has 0 bridgehead atoms. The van der Waals surface area contributed by atoms with Gasteiger partial charge in [-0.25, -0.2) is 0 Å². The van der Waals surface area contributed by atoms with Crippen molar-refractivity contribution in [3.8, 4) is 0 Å². The summed E-state index contributed by atoms with van der Waals surface area (Å²) in [4.78, 5) is 13.8. The van der Waals surface area contributed by atoms with E-state index in [0.717, 1.165) is 19.4 Å². The second kappa shape index (κ2) is 6.39. The van der Waals surface area contributed by atoms with Gasteiger partial charge in [0.2, 0.25) is 0 Å². The zero-order valence-electron chi connectivity index (χ0n) is 11.5. The average molecular weight is 241 g/mol. The topological polar surface area (TPSA) is 40.5 Å². The fourth-order valence-electron chi connectivity index (χ4n) is 3.02. The summed E-state index contributed by atoms with van der Waals surface area (Å²) in [5.41, 5.74) is -0.576. The largest absolute Gasteiger partial charge is 0.481 e. The van der Waals surface area contributed by atoms with Gasteiger partial charge in [0.05, 0.1) is 5.41 Å². The maximum atomic E-state index is 11.5. The molecule has 1 aliphatic carbocycles. The van der Waals surface area contributed by atoms with E-state index >= 15 is 0 Å². The Morgan fingerprint density at radius 1 is 1.35 bits per heavy atom. The Morgan fingerprint density at radius 2 is 1.94 bits per heavy atom. The Kier molecular flexibility index (Phi) is 5.44. The summed E-state index contributed by atoms with van der Waals surface area (Å²) in [7, 11) is 0. The highest BCUT2D eigenvalue weighted by Gasteiger charge is 2.36. The minimum atomic E-state index is -0.643. The molecule has 0 spiro atoms. The van der Waals surface area contributed by atoms with Gasteiger partial charge in [-0.1, -0.05) is 33.1 Å². The van der Waals surface area contributed by atoms with Crippen LogP contribution in [0.4, 0.5) is 0 Å². The van der Waals surface area contributed by atoms with Crippen LogP contribution in [0.25, 0.3) is 0 Å². The van der Waals surface area contributed by atoms with Crippen molar-refractivity contribution in [3.05, 3.63) is 0 Å². The van der Waals surface area contributed by atoms with E-state index < -0.39 is 11.4 Å². The molecule has 0 heterocycles. The van der Waals surface area contributed by atoms with Gasteiger partial charge in [0.15, 0.2) is 0 Å². The molecule has 3 nitrogen and oxygen atoms in total. The Labute approximate surface area is 105 Å². The summed E-state index contributed by atoms with van der Waals surface area (Å²) < 4.78 is 0. The van der Waals surface area contributed by atoms with Crippen molar-refractivity contribution in [3.63, 3.8) is 0 Å². The number of carboxylic acid groups (broad SMARTS) is 1. The minimum absolute atomic E-state index is 0.576. The molecule has 17 heavy (non-hydrogen) atoms. The maximum Gasteiger partial charge on any atom is 0.310 e. The molecule has 1 rings (SSSR count). The van der Waals surface area contributed by atoms with Gasteiger partial charge in [-0.3, -0.25) is 9.69 Å². The van der Waals surface area contributed by atoms with Crippen molar-refractivity contribution >= 4 is 5.97 Å². The normalized spacial score (nSPS) is 20.7. The number of aliphatic carboxylic acids is 1. The van der Waals surface area contributed by atoms with Crippen LogP contribution in [0.15, 0.2) is 0 Å². The molecular weight excluding hydrogens is 214 g/mol. The van der Waals surface area contributed by atoms with Crippen LogP contribution in [0.3, 0.4) is 0 Å². The number of nitrogens with zero attached hydrogens (tertiary/aromatic N) is 1. The zero-order valence-corrected chi connectivity index (χ0v) is 11.5. The highest BCUT2D eigenvalue weighted by molar-refractivity contribution is 5.74. The summed E-state index contributed by atoms with van der Waals surface area (Å²) >= 11 is 0. The molecule has 0 aromatic carbocycles. The van der Waals surface area contributed by atoms with Gasteiger partial charge in [0, 0.05) is 12.6 Å². The van der Waals surface area contributed by atoms with E-state index in [9.17, 15) is 9.90 Å². The van der Waals surface area contributed by atoms with E-state index in [-0.39, 0.29) is 0 Å². The number of hydrogen-bond acceptors (Lipinski definition) is 2. The van der Waals surface area contributed by atoms with Gasteiger partial charge in [0.25, 0.3) is 0 Å². The molecule has 1 unspecified atom stereocenters. The second-order valence-electron chi connectivity index (χ2n) is 5.62. The monoisotopic (exact) mass is 241 g/mol. The molecule has 1 saturated carbocycles. The SMILES string of the molecule is CCCC(C)(CN(CC)C1CCCC1)C(=O)O. The highest BCUT2D eigenvalue weighted by atomic mass is 16.4. The van der Waals surface area contributed by atoms with E-state index in [0.29, 0.717) is 12.6 Å². The van der Waals surface area contributed by atoms with E-state index in [2.05, 4.69) is 18.7 Å². The van der Waals surface area contributed by atoms with Crippen molar-refractivity contribution in [1.29, 1.82) is 0 Å². The van der Waals surface area contributed by atoms with Gasteiger partial charge < -0.3 is 5.11 Å². The van der Waals surface area contributed by atoms with Crippen molar-refractivity contribution in [1.82, 2.24) is 4.90 Å². The lowest BCUT2D eigenvalue weighted by Gasteiger charge is -2.35. The van der Waals surface area contributed by atoms with Crippen molar-refractivity contribution in [2.45, 2.75) is 65.3 Å².